The molecule has 3 rings (SSSR count). The summed E-state index contributed by atoms with van der Waals surface area (Å²) in [5.74, 6) is 0.265. The number of nitrogens with one attached hydrogen (secondary N) is 1. The van der Waals surface area contributed by atoms with Crippen molar-refractivity contribution in [3.8, 4) is 0 Å². The number of carbonyl (C=O) groups excluding carboxylic acids is 2. The number of hydrogen-bond donors (Lipinski definition) is 1. The standard InChI is InChI=1S/C18H24ClN3O2S.ClH/c1-13(25-16-7-3-2-6-15(16)19)18(24)21-9-4-5-14(12-21)22-10-8-20-11-17(22)23;/h2-3,6-7,13-14,20H,4-5,8-12H2,1H3;1H. The lowest BCUT2D eigenvalue weighted by Crippen LogP contribution is -2.58. The van der Waals surface area contributed by atoms with Gasteiger partial charge in [-0.1, -0.05) is 23.7 Å². The maximum absolute atomic E-state index is 12.9. The molecule has 1 aromatic carbocycles. The SMILES string of the molecule is CC(Sc1ccccc1Cl)C(=O)N1CCCC(N2CCNCC2=O)C1.Cl. The normalized spacial score (nSPS) is 21.9. The molecule has 2 fully saturated rings. The van der Waals surface area contributed by atoms with E-state index in [1.165, 1.54) is 11.8 Å². The van der Waals surface area contributed by atoms with Crippen molar-refractivity contribution < 1.29 is 9.59 Å². The van der Waals surface area contributed by atoms with E-state index in [1.807, 2.05) is 41.0 Å². The number of amides is 2. The lowest BCUT2D eigenvalue weighted by Gasteiger charge is -2.41. The van der Waals surface area contributed by atoms with E-state index in [2.05, 4.69) is 5.32 Å². The van der Waals surface area contributed by atoms with Crippen LogP contribution in [-0.2, 0) is 9.59 Å². The number of piperazine rings is 1. The van der Waals surface area contributed by atoms with Crippen molar-refractivity contribution in [2.45, 2.75) is 36.0 Å². The summed E-state index contributed by atoms with van der Waals surface area (Å²) in [7, 11) is 0. The molecule has 1 aromatic rings. The van der Waals surface area contributed by atoms with Gasteiger partial charge in [-0.2, -0.15) is 0 Å². The number of piperidine rings is 1. The Kier molecular flexibility index (Phi) is 8.07. The molecule has 0 radical (unpaired) electrons. The van der Waals surface area contributed by atoms with Gasteiger partial charge in [0.2, 0.25) is 11.8 Å². The van der Waals surface area contributed by atoms with Gasteiger partial charge in [0.15, 0.2) is 0 Å². The first-order chi connectivity index (χ1) is 12.1. The van der Waals surface area contributed by atoms with Crippen LogP contribution >= 0.6 is 35.8 Å². The van der Waals surface area contributed by atoms with Gasteiger partial charge in [-0.15, -0.1) is 24.2 Å². The van der Waals surface area contributed by atoms with E-state index in [0.717, 1.165) is 37.4 Å². The van der Waals surface area contributed by atoms with Crippen LogP contribution in [0.25, 0.3) is 0 Å². The molecular formula is C18H25Cl2N3O2S. The van der Waals surface area contributed by atoms with Crippen molar-refractivity contribution in [3.63, 3.8) is 0 Å². The number of likely N-dealkylation sites (tertiary alicyclic amines) is 1. The highest BCUT2D eigenvalue weighted by molar-refractivity contribution is 8.00. The van der Waals surface area contributed by atoms with Gasteiger partial charge >= 0.3 is 0 Å². The first-order valence-corrected chi connectivity index (χ1v) is 10.0. The van der Waals surface area contributed by atoms with E-state index >= 15 is 0 Å². The minimum absolute atomic E-state index is 0. The van der Waals surface area contributed by atoms with Gasteiger partial charge in [0.25, 0.3) is 0 Å². The number of thioether (sulfide) groups is 1. The molecule has 26 heavy (non-hydrogen) atoms. The molecule has 2 heterocycles. The minimum Gasteiger partial charge on any atom is -0.340 e. The quantitative estimate of drug-likeness (QED) is 0.764. The Labute approximate surface area is 170 Å². The molecule has 0 aromatic heterocycles. The van der Waals surface area contributed by atoms with Gasteiger partial charge in [-0.25, -0.2) is 0 Å². The van der Waals surface area contributed by atoms with E-state index in [1.54, 1.807) is 0 Å². The van der Waals surface area contributed by atoms with Crippen LogP contribution in [0.3, 0.4) is 0 Å². The highest BCUT2D eigenvalue weighted by Crippen LogP contribution is 2.31. The Morgan fingerprint density at radius 3 is 2.85 bits per heavy atom. The maximum atomic E-state index is 12.9. The third-order valence-corrected chi connectivity index (χ3v) is 6.37. The summed E-state index contributed by atoms with van der Waals surface area (Å²) in [6, 6.07) is 7.74. The van der Waals surface area contributed by atoms with Crippen molar-refractivity contribution >= 4 is 47.6 Å². The van der Waals surface area contributed by atoms with E-state index in [9.17, 15) is 9.59 Å². The molecule has 2 saturated heterocycles. The fourth-order valence-corrected chi connectivity index (χ4v) is 4.69. The zero-order valence-corrected chi connectivity index (χ0v) is 17.2. The Morgan fingerprint density at radius 1 is 1.35 bits per heavy atom. The number of benzene rings is 1. The zero-order valence-electron chi connectivity index (χ0n) is 14.8. The smallest absolute Gasteiger partial charge is 0.236 e. The number of rotatable bonds is 4. The van der Waals surface area contributed by atoms with Crippen molar-refractivity contribution in [3.05, 3.63) is 29.3 Å². The van der Waals surface area contributed by atoms with Crippen LogP contribution in [0.2, 0.25) is 5.02 Å². The molecule has 144 valence electrons. The summed E-state index contributed by atoms with van der Waals surface area (Å²) in [6.45, 7) is 5.30. The summed E-state index contributed by atoms with van der Waals surface area (Å²) in [5, 5.41) is 3.58. The predicted octanol–water partition coefficient (Wildman–Crippen LogP) is 2.67. The molecule has 2 aliphatic heterocycles. The number of nitrogens with zero attached hydrogens (tertiary/aromatic N) is 2. The van der Waals surface area contributed by atoms with Crippen LogP contribution in [0.1, 0.15) is 19.8 Å². The Balaban J connectivity index is 0.00000243. The fraction of sp³-hybridized carbons (Fsp3) is 0.556. The van der Waals surface area contributed by atoms with Gasteiger partial charge in [0, 0.05) is 37.1 Å². The van der Waals surface area contributed by atoms with Gasteiger partial charge in [-0.3, -0.25) is 9.59 Å². The second-order valence-electron chi connectivity index (χ2n) is 6.53. The number of carbonyl (C=O) groups is 2. The molecule has 8 heteroatoms. The average molecular weight is 418 g/mol. The predicted molar refractivity (Wildman–Crippen MR) is 108 cm³/mol. The Bertz CT molecular complexity index is 647. The van der Waals surface area contributed by atoms with Crippen LogP contribution in [0.4, 0.5) is 0 Å². The Hall–Kier alpha value is -0.950. The van der Waals surface area contributed by atoms with Gasteiger partial charge in [0.05, 0.1) is 16.8 Å². The zero-order chi connectivity index (χ0) is 17.8. The first kappa shape index (κ1) is 21.4. The molecular weight excluding hydrogens is 393 g/mol. The third kappa shape index (κ3) is 5.06. The molecule has 2 unspecified atom stereocenters. The summed E-state index contributed by atoms with van der Waals surface area (Å²) < 4.78 is 0. The van der Waals surface area contributed by atoms with Crippen LogP contribution < -0.4 is 5.32 Å². The Morgan fingerprint density at radius 2 is 2.12 bits per heavy atom. The van der Waals surface area contributed by atoms with Gasteiger partial charge in [0.1, 0.15) is 0 Å². The fourth-order valence-electron chi connectivity index (χ4n) is 3.45. The molecule has 5 nitrogen and oxygen atoms in total. The average Bonchev–Trinajstić information content (AvgIpc) is 2.63. The highest BCUT2D eigenvalue weighted by Gasteiger charge is 2.33. The van der Waals surface area contributed by atoms with Gasteiger partial charge < -0.3 is 15.1 Å². The van der Waals surface area contributed by atoms with Crippen LogP contribution in [-0.4, -0.2) is 65.6 Å². The lowest BCUT2D eigenvalue weighted by molar-refractivity contribution is -0.140. The third-order valence-electron chi connectivity index (χ3n) is 4.76. The summed E-state index contributed by atoms with van der Waals surface area (Å²) in [5.41, 5.74) is 0. The van der Waals surface area contributed by atoms with Crippen molar-refractivity contribution in [1.29, 1.82) is 0 Å². The molecule has 2 atom stereocenters. The monoisotopic (exact) mass is 417 g/mol. The summed E-state index contributed by atoms with van der Waals surface area (Å²) in [6.07, 6.45) is 1.92. The van der Waals surface area contributed by atoms with Crippen molar-refractivity contribution in [2.24, 2.45) is 0 Å². The largest absolute Gasteiger partial charge is 0.340 e. The maximum Gasteiger partial charge on any atom is 0.236 e. The molecule has 0 aliphatic carbocycles. The van der Waals surface area contributed by atoms with Gasteiger partial charge in [-0.05, 0) is 31.9 Å². The second-order valence-corrected chi connectivity index (χ2v) is 8.32. The molecule has 2 aliphatic rings. The lowest BCUT2D eigenvalue weighted by atomic mass is 10.0. The number of hydrogen-bond acceptors (Lipinski definition) is 4. The van der Waals surface area contributed by atoms with Crippen molar-refractivity contribution in [2.75, 3.05) is 32.7 Å². The van der Waals surface area contributed by atoms with Crippen LogP contribution in [0.15, 0.2) is 29.2 Å². The molecule has 1 N–H and O–H groups in total. The topological polar surface area (TPSA) is 52.7 Å². The van der Waals surface area contributed by atoms with E-state index in [0.29, 0.717) is 18.1 Å². The second kappa shape index (κ2) is 9.83. The molecule has 0 spiro atoms. The highest BCUT2D eigenvalue weighted by atomic mass is 35.5. The summed E-state index contributed by atoms with van der Waals surface area (Å²) in [4.78, 5) is 29.8. The van der Waals surface area contributed by atoms with Crippen LogP contribution in [0.5, 0.6) is 0 Å². The van der Waals surface area contributed by atoms with E-state index in [4.69, 9.17) is 11.6 Å². The molecule has 2 amide bonds. The van der Waals surface area contributed by atoms with E-state index in [-0.39, 0.29) is 35.5 Å². The molecule has 0 bridgehead atoms. The first-order valence-electron chi connectivity index (χ1n) is 8.76. The summed E-state index contributed by atoms with van der Waals surface area (Å²) >= 11 is 7.70. The number of halogens is 2. The van der Waals surface area contributed by atoms with E-state index < -0.39 is 0 Å². The van der Waals surface area contributed by atoms with Crippen molar-refractivity contribution in [1.82, 2.24) is 15.1 Å². The van der Waals surface area contributed by atoms with Crippen LogP contribution in [0, 0.1) is 0 Å². The molecule has 0 saturated carbocycles. The minimum atomic E-state index is -0.197.